The normalized spacial score (nSPS) is 13.8. The lowest BCUT2D eigenvalue weighted by Gasteiger charge is -2.20. The average molecular weight is 496 g/mol. The molecule has 186 valence electrons. The topological polar surface area (TPSA) is 130 Å². The minimum absolute atomic E-state index is 0.0447. The summed E-state index contributed by atoms with van der Waals surface area (Å²) in [6.45, 7) is 3.74. The summed E-state index contributed by atoms with van der Waals surface area (Å²) in [7, 11) is -1.10. The van der Waals surface area contributed by atoms with E-state index in [0.717, 1.165) is 10.6 Å². The van der Waals surface area contributed by atoms with Crippen LogP contribution in [0.25, 0.3) is 17.3 Å². The number of esters is 1. The van der Waals surface area contributed by atoms with E-state index in [1.54, 1.807) is 6.08 Å². The number of ether oxygens (including phenoxy) is 1. The zero-order valence-corrected chi connectivity index (χ0v) is 20.6. The van der Waals surface area contributed by atoms with Gasteiger partial charge in [0.15, 0.2) is 0 Å². The van der Waals surface area contributed by atoms with Gasteiger partial charge in [0.05, 0.1) is 43.4 Å². The number of anilines is 1. The molecule has 1 aromatic heterocycles. The molecule has 0 unspecified atom stereocenters. The maximum absolute atomic E-state index is 13.5. The van der Waals surface area contributed by atoms with Crippen molar-refractivity contribution in [3.05, 3.63) is 47.4 Å². The minimum atomic E-state index is -3.64. The number of rotatable bonds is 10. The number of hydrogen-bond acceptors (Lipinski definition) is 8. The summed E-state index contributed by atoms with van der Waals surface area (Å²) >= 11 is 0. The van der Waals surface area contributed by atoms with Crippen LogP contribution in [0.3, 0.4) is 0 Å². The monoisotopic (exact) mass is 495 g/mol. The van der Waals surface area contributed by atoms with Crippen molar-refractivity contribution in [2.75, 3.05) is 24.7 Å². The van der Waals surface area contributed by atoms with Gasteiger partial charge in [0.25, 0.3) is 0 Å². The maximum Gasteiger partial charge on any atom is 0.308 e. The van der Waals surface area contributed by atoms with Crippen LogP contribution in [0.4, 0.5) is 10.3 Å². The van der Waals surface area contributed by atoms with Crippen LogP contribution in [0.1, 0.15) is 43.9 Å². The average Bonchev–Trinajstić information content (AvgIpc) is 2.76. The zero-order chi connectivity index (χ0) is 25.6. The molecule has 2 aromatic rings. The molecule has 1 aromatic carbocycles. The van der Waals surface area contributed by atoms with Gasteiger partial charge in [0.1, 0.15) is 5.82 Å². The van der Waals surface area contributed by atoms with E-state index >= 15 is 0 Å². The molecule has 0 radical (unpaired) electrons. The third-order valence-corrected chi connectivity index (χ3v) is 6.19. The van der Waals surface area contributed by atoms with Crippen molar-refractivity contribution < 1.29 is 32.6 Å². The van der Waals surface area contributed by atoms with Crippen molar-refractivity contribution in [1.29, 1.82) is 0 Å². The highest BCUT2D eigenvalue weighted by molar-refractivity contribution is 7.92. The van der Waals surface area contributed by atoms with Gasteiger partial charge >= 0.3 is 5.97 Å². The Morgan fingerprint density at radius 2 is 1.82 bits per heavy atom. The van der Waals surface area contributed by atoms with Crippen LogP contribution in [0, 0.1) is 5.82 Å². The first-order valence-electron chi connectivity index (χ1n) is 10.6. The number of carbonyl (C=O) groups excluding carboxylic acids is 1. The van der Waals surface area contributed by atoms with Gasteiger partial charge in [-0.1, -0.05) is 26.0 Å². The van der Waals surface area contributed by atoms with E-state index in [2.05, 4.69) is 14.7 Å². The van der Waals surface area contributed by atoms with Crippen molar-refractivity contribution in [1.82, 2.24) is 9.97 Å². The first-order valence-corrected chi connectivity index (χ1v) is 12.4. The molecule has 1 heterocycles. The zero-order valence-electron chi connectivity index (χ0n) is 19.8. The highest BCUT2D eigenvalue weighted by Crippen LogP contribution is 2.31. The lowest BCUT2D eigenvalue weighted by molar-refractivity contribution is -0.143. The highest BCUT2D eigenvalue weighted by atomic mass is 32.2. The Balaban J connectivity index is 2.57. The fourth-order valence-electron chi connectivity index (χ4n) is 3.12. The molecule has 2 rings (SSSR count). The second-order valence-corrected chi connectivity index (χ2v) is 10.2. The Morgan fingerprint density at radius 1 is 1.21 bits per heavy atom. The molecule has 11 heteroatoms. The molecule has 9 nitrogen and oxygen atoms in total. The van der Waals surface area contributed by atoms with E-state index < -0.39 is 34.0 Å². The summed E-state index contributed by atoms with van der Waals surface area (Å²) in [4.78, 5) is 20.2. The van der Waals surface area contributed by atoms with Crippen molar-refractivity contribution in [2.45, 2.75) is 44.8 Å². The summed E-state index contributed by atoms with van der Waals surface area (Å²) in [5.74, 6) is -1.24. The predicted molar refractivity (Wildman–Crippen MR) is 127 cm³/mol. The number of hydrogen-bond donors (Lipinski definition) is 2. The van der Waals surface area contributed by atoms with E-state index in [4.69, 9.17) is 0 Å². The van der Waals surface area contributed by atoms with Gasteiger partial charge in [-0.2, -0.15) is 0 Å². The Hall–Kier alpha value is -2.89. The number of methoxy groups -OCH3 is 1. The van der Waals surface area contributed by atoms with Crippen LogP contribution in [0.2, 0.25) is 0 Å². The number of nitrogens with zero attached hydrogens (tertiary/aromatic N) is 3. The third-order valence-electron chi connectivity index (χ3n) is 5.04. The van der Waals surface area contributed by atoms with Crippen LogP contribution in [-0.2, 0) is 19.6 Å². The van der Waals surface area contributed by atoms with Crippen molar-refractivity contribution in [3.63, 3.8) is 0 Å². The highest BCUT2D eigenvalue weighted by Gasteiger charge is 2.22. The van der Waals surface area contributed by atoms with E-state index in [0.29, 0.717) is 22.5 Å². The van der Waals surface area contributed by atoms with Crippen molar-refractivity contribution in [3.8, 4) is 11.3 Å². The molecule has 0 aliphatic carbocycles. The summed E-state index contributed by atoms with van der Waals surface area (Å²) in [6, 6.07) is 5.55. The van der Waals surface area contributed by atoms with Gasteiger partial charge in [-0.05, 0) is 30.2 Å². The Labute approximate surface area is 199 Å². The lowest BCUT2D eigenvalue weighted by Crippen LogP contribution is -2.27. The lowest BCUT2D eigenvalue weighted by atomic mass is 9.97. The summed E-state index contributed by atoms with van der Waals surface area (Å²) in [5.41, 5.74) is 1.89. The van der Waals surface area contributed by atoms with E-state index in [-0.39, 0.29) is 24.7 Å². The smallest absolute Gasteiger partial charge is 0.308 e. The van der Waals surface area contributed by atoms with Gasteiger partial charge in [-0.25, -0.2) is 27.1 Å². The first kappa shape index (κ1) is 27.4. The van der Waals surface area contributed by atoms with Gasteiger partial charge in [-0.15, -0.1) is 0 Å². The van der Waals surface area contributed by atoms with Crippen LogP contribution in [0.5, 0.6) is 0 Å². The molecule has 0 spiro atoms. The Kier molecular flexibility index (Phi) is 9.25. The molecule has 2 N–H and O–H groups in total. The standard InChI is InChI=1S/C23H30FN3O6S/c1-14(2)21-19(11-10-17(28)12-18(29)13-20(30)33-4)22(15-6-8-16(24)9-7-15)26-23(25-21)27(3)34(5,31)32/h6-11,14,17-18,28-29H,12-13H2,1-5H3/b11-10+/t17-,18+/m1/s1. The molecule has 0 saturated heterocycles. The molecular weight excluding hydrogens is 465 g/mol. The number of sulfonamides is 1. The number of carbonyl (C=O) groups is 1. The van der Waals surface area contributed by atoms with Crippen LogP contribution >= 0.6 is 0 Å². The van der Waals surface area contributed by atoms with E-state index in [1.807, 2.05) is 13.8 Å². The molecule has 0 amide bonds. The Morgan fingerprint density at radius 3 is 2.35 bits per heavy atom. The molecule has 0 fully saturated rings. The van der Waals surface area contributed by atoms with Crippen LogP contribution in [-0.4, -0.2) is 67.2 Å². The fourth-order valence-corrected chi connectivity index (χ4v) is 3.50. The predicted octanol–water partition coefficient (Wildman–Crippen LogP) is 2.49. The molecule has 0 saturated carbocycles. The Bertz CT molecular complexity index is 1140. The largest absolute Gasteiger partial charge is 0.469 e. The number of benzene rings is 1. The summed E-state index contributed by atoms with van der Waals surface area (Å²) in [5, 5.41) is 20.3. The van der Waals surface area contributed by atoms with Crippen molar-refractivity contribution >= 4 is 28.0 Å². The second-order valence-electron chi connectivity index (χ2n) is 8.16. The number of aliphatic hydroxyl groups is 2. The van der Waals surface area contributed by atoms with Crippen LogP contribution in [0.15, 0.2) is 30.3 Å². The molecule has 0 aliphatic heterocycles. The molecule has 0 aliphatic rings. The first-order chi connectivity index (χ1) is 15.8. The van der Waals surface area contributed by atoms with Gasteiger partial charge in [0.2, 0.25) is 16.0 Å². The van der Waals surface area contributed by atoms with Gasteiger partial charge < -0.3 is 14.9 Å². The SMILES string of the molecule is COC(=O)C[C@@H](O)C[C@H](O)/C=C/c1c(-c2ccc(F)cc2)nc(N(C)S(C)(=O)=O)nc1C(C)C. The quantitative estimate of drug-likeness (QED) is 0.481. The minimum Gasteiger partial charge on any atom is -0.469 e. The third kappa shape index (κ3) is 7.31. The number of aliphatic hydroxyl groups excluding tert-OH is 2. The van der Waals surface area contributed by atoms with Crippen molar-refractivity contribution in [2.24, 2.45) is 0 Å². The molecular formula is C23H30FN3O6S. The maximum atomic E-state index is 13.5. The fraction of sp³-hybridized carbons (Fsp3) is 0.435. The second kappa shape index (κ2) is 11.5. The number of aromatic nitrogens is 2. The molecule has 2 atom stereocenters. The molecule has 34 heavy (non-hydrogen) atoms. The van der Waals surface area contributed by atoms with E-state index in [1.165, 1.54) is 44.5 Å². The number of halogens is 1. The van der Waals surface area contributed by atoms with Gasteiger partial charge in [-0.3, -0.25) is 4.79 Å². The van der Waals surface area contributed by atoms with Gasteiger partial charge in [0, 0.05) is 24.6 Å². The van der Waals surface area contributed by atoms with Crippen LogP contribution < -0.4 is 4.31 Å². The van der Waals surface area contributed by atoms with E-state index in [9.17, 15) is 27.8 Å². The summed E-state index contributed by atoms with van der Waals surface area (Å²) < 4.78 is 43.2. The molecule has 0 bridgehead atoms. The summed E-state index contributed by atoms with van der Waals surface area (Å²) in [6.07, 6.45) is 1.48.